The van der Waals surface area contributed by atoms with Crippen LogP contribution in [0.3, 0.4) is 0 Å². The highest BCUT2D eigenvalue weighted by Gasteiger charge is 2.12. The standard InChI is InChI=1S/C14H13FN2O2/c1-9(10-3-2-6-16-8-10)17-11-4-5-13(15)12(7-11)14(18)19/h2-9,17H,1H3,(H,18,19). The van der Waals surface area contributed by atoms with Crippen molar-refractivity contribution in [3.63, 3.8) is 0 Å². The number of benzene rings is 1. The second-order valence-electron chi connectivity index (χ2n) is 4.15. The molecule has 0 amide bonds. The van der Waals surface area contributed by atoms with Crippen molar-refractivity contribution < 1.29 is 14.3 Å². The molecule has 4 nitrogen and oxygen atoms in total. The number of aromatic carboxylic acids is 1. The maximum Gasteiger partial charge on any atom is 0.338 e. The predicted molar refractivity (Wildman–Crippen MR) is 69.6 cm³/mol. The molecule has 1 aromatic heterocycles. The fourth-order valence-electron chi connectivity index (χ4n) is 1.74. The minimum absolute atomic E-state index is 0.0548. The van der Waals surface area contributed by atoms with Gasteiger partial charge in [-0.3, -0.25) is 4.98 Å². The van der Waals surface area contributed by atoms with Gasteiger partial charge in [0, 0.05) is 18.1 Å². The Morgan fingerprint density at radius 1 is 1.42 bits per heavy atom. The first-order valence-electron chi connectivity index (χ1n) is 5.77. The third kappa shape index (κ3) is 3.07. The largest absolute Gasteiger partial charge is 0.478 e. The second-order valence-corrected chi connectivity index (χ2v) is 4.15. The molecule has 2 N–H and O–H groups in total. The molecule has 0 aliphatic heterocycles. The highest BCUT2D eigenvalue weighted by atomic mass is 19.1. The number of rotatable bonds is 4. The molecule has 1 atom stereocenters. The number of carboxylic acids is 1. The van der Waals surface area contributed by atoms with Crippen LogP contribution in [0.2, 0.25) is 0 Å². The lowest BCUT2D eigenvalue weighted by Crippen LogP contribution is -2.08. The average Bonchev–Trinajstić information content (AvgIpc) is 2.41. The van der Waals surface area contributed by atoms with Gasteiger partial charge in [-0.25, -0.2) is 9.18 Å². The minimum atomic E-state index is -1.28. The molecule has 0 radical (unpaired) electrons. The van der Waals surface area contributed by atoms with Crippen molar-refractivity contribution >= 4 is 11.7 Å². The van der Waals surface area contributed by atoms with Crippen LogP contribution in [0.15, 0.2) is 42.7 Å². The van der Waals surface area contributed by atoms with Crippen LogP contribution in [0.4, 0.5) is 10.1 Å². The highest BCUT2D eigenvalue weighted by Crippen LogP contribution is 2.20. The number of carbonyl (C=O) groups is 1. The number of pyridine rings is 1. The van der Waals surface area contributed by atoms with Crippen LogP contribution in [-0.4, -0.2) is 16.1 Å². The lowest BCUT2D eigenvalue weighted by Gasteiger charge is -2.15. The third-order valence-electron chi connectivity index (χ3n) is 2.76. The summed E-state index contributed by atoms with van der Waals surface area (Å²) in [6, 6.07) is 7.61. The van der Waals surface area contributed by atoms with Gasteiger partial charge < -0.3 is 10.4 Å². The van der Waals surface area contributed by atoms with E-state index in [1.165, 1.54) is 12.1 Å². The zero-order valence-corrected chi connectivity index (χ0v) is 10.3. The van der Waals surface area contributed by atoms with Crippen molar-refractivity contribution in [1.82, 2.24) is 4.98 Å². The number of nitrogens with one attached hydrogen (secondary N) is 1. The summed E-state index contributed by atoms with van der Waals surface area (Å²) in [4.78, 5) is 14.9. The quantitative estimate of drug-likeness (QED) is 0.886. The van der Waals surface area contributed by atoms with E-state index in [2.05, 4.69) is 10.3 Å². The Morgan fingerprint density at radius 3 is 2.84 bits per heavy atom. The van der Waals surface area contributed by atoms with Crippen molar-refractivity contribution in [2.75, 3.05) is 5.32 Å². The van der Waals surface area contributed by atoms with E-state index in [1.807, 2.05) is 19.1 Å². The SMILES string of the molecule is CC(Nc1ccc(F)c(C(=O)O)c1)c1cccnc1. The molecule has 0 saturated carbocycles. The minimum Gasteiger partial charge on any atom is -0.478 e. The third-order valence-corrected chi connectivity index (χ3v) is 2.76. The van der Waals surface area contributed by atoms with E-state index in [0.29, 0.717) is 5.69 Å². The van der Waals surface area contributed by atoms with Gasteiger partial charge in [-0.2, -0.15) is 0 Å². The topological polar surface area (TPSA) is 62.2 Å². The van der Waals surface area contributed by atoms with E-state index in [1.54, 1.807) is 12.4 Å². The number of anilines is 1. The predicted octanol–water partition coefficient (Wildman–Crippen LogP) is 3.09. The molecular formula is C14H13FN2O2. The van der Waals surface area contributed by atoms with Crippen LogP contribution >= 0.6 is 0 Å². The number of halogens is 1. The first-order valence-corrected chi connectivity index (χ1v) is 5.77. The molecule has 0 fully saturated rings. The van der Waals surface area contributed by atoms with Crippen LogP contribution in [0, 0.1) is 5.82 Å². The van der Waals surface area contributed by atoms with E-state index in [-0.39, 0.29) is 11.6 Å². The maximum atomic E-state index is 13.3. The molecule has 0 bridgehead atoms. The Balaban J connectivity index is 2.20. The van der Waals surface area contributed by atoms with Crippen LogP contribution in [0.1, 0.15) is 28.9 Å². The van der Waals surface area contributed by atoms with Crippen LogP contribution in [0.25, 0.3) is 0 Å². The Hall–Kier alpha value is -2.43. The summed E-state index contributed by atoms with van der Waals surface area (Å²) >= 11 is 0. The number of hydrogen-bond donors (Lipinski definition) is 2. The summed E-state index contributed by atoms with van der Waals surface area (Å²) in [5.74, 6) is -2.03. The van der Waals surface area contributed by atoms with Crippen molar-refractivity contribution in [1.29, 1.82) is 0 Å². The number of nitrogens with zero attached hydrogens (tertiary/aromatic N) is 1. The molecular weight excluding hydrogens is 247 g/mol. The Labute approximate surface area is 109 Å². The maximum absolute atomic E-state index is 13.3. The summed E-state index contributed by atoms with van der Waals surface area (Å²) in [5, 5.41) is 12.0. The molecule has 1 aromatic carbocycles. The van der Waals surface area contributed by atoms with E-state index < -0.39 is 11.8 Å². The van der Waals surface area contributed by atoms with Gasteiger partial charge in [0.15, 0.2) is 0 Å². The molecule has 5 heteroatoms. The lowest BCUT2D eigenvalue weighted by atomic mass is 10.1. The fourth-order valence-corrected chi connectivity index (χ4v) is 1.74. The lowest BCUT2D eigenvalue weighted by molar-refractivity contribution is 0.0692. The van der Waals surface area contributed by atoms with Crippen LogP contribution in [-0.2, 0) is 0 Å². The molecule has 19 heavy (non-hydrogen) atoms. The van der Waals surface area contributed by atoms with Gasteiger partial charge in [-0.05, 0) is 36.8 Å². The molecule has 1 heterocycles. The number of carboxylic acid groups (broad SMARTS) is 1. The van der Waals surface area contributed by atoms with Crippen LogP contribution < -0.4 is 5.32 Å². The van der Waals surface area contributed by atoms with Gasteiger partial charge in [0.1, 0.15) is 5.82 Å². The van der Waals surface area contributed by atoms with Gasteiger partial charge in [0.2, 0.25) is 0 Å². The first kappa shape index (κ1) is 13.0. The average molecular weight is 260 g/mol. The summed E-state index contributed by atoms with van der Waals surface area (Å²) in [7, 11) is 0. The van der Waals surface area contributed by atoms with Crippen molar-refractivity contribution in [2.45, 2.75) is 13.0 Å². The zero-order valence-electron chi connectivity index (χ0n) is 10.3. The molecule has 0 saturated heterocycles. The Kier molecular flexibility index (Phi) is 3.75. The Bertz CT molecular complexity index is 587. The summed E-state index contributed by atoms with van der Waals surface area (Å²) < 4.78 is 13.3. The molecule has 0 aliphatic carbocycles. The monoisotopic (exact) mass is 260 g/mol. The Morgan fingerprint density at radius 2 is 2.21 bits per heavy atom. The van der Waals surface area contributed by atoms with Gasteiger partial charge in [-0.1, -0.05) is 6.07 Å². The molecule has 98 valence electrons. The van der Waals surface area contributed by atoms with Gasteiger partial charge >= 0.3 is 5.97 Å². The first-order chi connectivity index (χ1) is 9.08. The van der Waals surface area contributed by atoms with Crippen LogP contribution in [0.5, 0.6) is 0 Å². The number of aromatic nitrogens is 1. The zero-order chi connectivity index (χ0) is 13.8. The van der Waals surface area contributed by atoms with E-state index in [0.717, 1.165) is 11.6 Å². The normalized spacial score (nSPS) is 11.9. The molecule has 2 aromatic rings. The number of hydrogen-bond acceptors (Lipinski definition) is 3. The summed E-state index contributed by atoms with van der Waals surface area (Å²) in [6.07, 6.45) is 3.40. The molecule has 2 rings (SSSR count). The van der Waals surface area contributed by atoms with Crippen molar-refractivity contribution in [3.8, 4) is 0 Å². The van der Waals surface area contributed by atoms with E-state index >= 15 is 0 Å². The fraction of sp³-hybridized carbons (Fsp3) is 0.143. The van der Waals surface area contributed by atoms with Gasteiger partial charge in [-0.15, -0.1) is 0 Å². The summed E-state index contributed by atoms with van der Waals surface area (Å²) in [6.45, 7) is 1.92. The summed E-state index contributed by atoms with van der Waals surface area (Å²) in [5.41, 5.74) is 1.17. The van der Waals surface area contributed by atoms with E-state index in [9.17, 15) is 9.18 Å². The van der Waals surface area contributed by atoms with E-state index in [4.69, 9.17) is 5.11 Å². The van der Waals surface area contributed by atoms with Crippen molar-refractivity contribution in [2.24, 2.45) is 0 Å². The molecule has 0 aliphatic rings. The van der Waals surface area contributed by atoms with Gasteiger partial charge in [0.05, 0.1) is 11.6 Å². The second kappa shape index (κ2) is 5.48. The van der Waals surface area contributed by atoms with Crippen molar-refractivity contribution in [3.05, 3.63) is 59.7 Å². The molecule has 0 spiro atoms. The smallest absolute Gasteiger partial charge is 0.338 e. The highest BCUT2D eigenvalue weighted by molar-refractivity contribution is 5.89. The van der Waals surface area contributed by atoms with Gasteiger partial charge in [0.25, 0.3) is 0 Å². The molecule has 1 unspecified atom stereocenters.